The van der Waals surface area contributed by atoms with E-state index in [4.69, 9.17) is 0 Å². The first-order valence-electron chi connectivity index (χ1n) is 6.68. The van der Waals surface area contributed by atoms with Gasteiger partial charge < -0.3 is 10.6 Å². The van der Waals surface area contributed by atoms with Gasteiger partial charge in [-0.2, -0.15) is 0 Å². The van der Waals surface area contributed by atoms with Crippen LogP contribution in [0.2, 0.25) is 0 Å². The summed E-state index contributed by atoms with van der Waals surface area (Å²) in [6.07, 6.45) is 0.824. The number of hydrogen-bond acceptors (Lipinski definition) is 3. The zero-order valence-electron chi connectivity index (χ0n) is 11.8. The van der Waals surface area contributed by atoms with Gasteiger partial charge in [-0.3, -0.25) is 4.79 Å². The van der Waals surface area contributed by atoms with E-state index in [9.17, 15) is 4.79 Å². The average Bonchev–Trinajstić information content (AvgIpc) is 2.49. The normalized spacial score (nSPS) is 10.1. The van der Waals surface area contributed by atoms with E-state index >= 15 is 0 Å². The molecule has 0 unspecified atom stereocenters. The molecule has 1 aromatic carbocycles. The second kappa shape index (κ2) is 6.70. The van der Waals surface area contributed by atoms with Crippen LogP contribution in [0.4, 0.5) is 5.82 Å². The Balaban J connectivity index is 1.91. The van der Waals surface area contributed by atoms with Crippen molar-refractivity contribution in [1.82, 2.24) is 10.3 Å². The summed E-state index contributed by atoms with van der Waals surface area (Å²) in [6, 6.07) is 13.5. The van der Waals surface area contributed by atoms with E-state index in [2.05, 4.69) is 34.7 Å². The van der Waals surface area contributed by atoms with E-state index in [1.54, 1.807) is 13.1 Å². The molecule has 4 nitrogen and oxygen atoms in total. The first-order chi connectivity index (χ1) is 9.70. The molecule has 0 atom stereocenters. The molecule has 0 aliphatic carbocycles. The van der Waals surface area contributed by atoms with Crippen LogP contribution in [0.25, 0.3) is 0 Å². The number of hydrogen-bond donors (Lipinski definition) is 2. The van der Waals surface area contributed by atoms with E-state index in [-0.39, 0.29) is 5.91 Å². The molecule has 0 aliphatic rings. The maximum atomic E-state index is 12.0. The molecular formula is C16H19N3O. The largest absolute Gasteiger partial charge is 0.373 e. The quantitative estimate of drug-likeness (QED) is 0.876. The summed E-state index contributed by atoms with van der Waals surface area (Å²) in [5.41, 5.74) is 2.93. The molecule has 1 heterocycles. The second-order valence-corrected chi connectivity index (χ2v) is 4.59. The number of aromatic nitrogens is 1. The van der Waals surface area contributed by atoms with Gasteiger partial charge in [-0.05, 0) is 36.6 Å². The zero-order valence-corrected chi connectivity index (χ0v) is 11.8. The maximum absolute atomic E-state index is 12.0. The van der Waals surface area contributed by atoms with Crippen molar-refractivity contribution in [2.75, 3.05) is 18.9 Å². The van der Waals surface area contributed by atoms with Gasteiger partial charge in [-0.15, -0.1) is 0 Å². The fraction of sp³-hybridized carbons (Fsp3) is 0.250. The van der Waals surface area contributed by atoms with Gasteiger partial charge in [-0.25, -0.2) is 4.98 Å². The van der Waals surface area contributed by atoms with Crippen LogP contribution in [0.3, 0.4) is 0 Å². The van der Waals surface area contributed by atoms with Gasteiger partial charge >= 0.3 is 0 Å². The van der Waals surface area contributed by atoms with Gasteiger partial charge in [-0.1, -0.05) is 30.3 Å². The molecule has 2 aromatic rings. The average molecular weight is 269 g/mol. The Kier molecular flexibility index (Phi) is 4.71. The highest BCUT2D eigenvalue weighted by Crippen LogP contribution is 2.07. The minimum atomic E-state index is -0.143. The summed E-state index contributed by atoms with van der Waals surface area (Å²) in [5.74, 6) is 0.548. The predicted molar refractivity (Wildman–Crippen MR) is 81.0 cm³/mol. The van der Waals surface area contributed by atoms with Crippen LogP contribution in [-0.4, -0.2) is 24.5 Å². The van der Waals surface area contributed by atoms with Crippen molar-refractivity contribution in [2.45, 2.75) is 13.3 Å². The smallest absolute Gasteiger partial charge is 0.269 e. The maximum Gasteiger partial charge on any atom is 0.269 e. The number of carbonyl (C=O) groups is 1. The van der Waals surface area contributed by atoms with Crippen molar-refractivity contribution in [3.8, 4) is 0 Å². The number of rotatable bonds is 5. The van der Waals surface area contributed by atoms with Crippen molar-refractivity contribution in [1.29, 1.82) is 0 Å². The Labute approximate surface area is 119 Å². The van der Waals surface area contributed by atoms with Crippen molar-refractivity contribution in [3.63, 3.8) is 0 Å². The van der Waals surface area contributed by atoms with Crippen LogP contribution in [0.1, 0.15) is 21.6 Å². The lowest BCUT2D eigenvalue weighted by Crippen LogP contribution is -2.26. The van der Waals surface area contributed by atoms with Crippen molar-refractivity contribution in [2.24, 2.45) is 0 Å². The first-order valence-corrected chi connectivity index (χ1v) is 6.68. The van der Waals surface area contributed by atoms with E-state index in [1.807, 2.05) is 24.3 Å². The van der Waals surface area contributed by atoms with Crippen LogP contribution < -0.4 is 10.6 Å². The minimum absolute atomic E-state index is 0.143. The van der Waals surface area contributed by atoms with Crippen molar-refractivity contribution in [3.05, 3.63) is 59.3 Å². The molecule has 20 heavy (non-hydrogen) atoms. The molecule has 0 fully saturated rings. The van der Waals surface area contributed by atoms with Gasteiger partial charge in [0.15, 0.2) is 0 Å². The number of nitrogens with zero attached hydrogens (tertiary/aromatic N) is 1. The van der Waals surface area contributed by atoms with Gasteiger partial charge in [0.25, 0.3) is 5.91 Å². The van der Waals surface area contributed by atoms with Gasteiger partial charge in [0.1, 0.15) is 11.5 Å². The highest BCUT2D eigenvalue weighted by atomic mass is 16.1. The third-order valence-corrected chi connectivity index (χ3v) is 3.18. The lowest BCUT2D eigenvalue weighted by atomic mass is 10.1. The Morgan fingerprint density at radius 1 is 1.15 bits per heavy atom. The number of aryl methyl sites for hydroxylation is 1. The molecule has 0 radical (unpaired) electrons. The predicted octanol–water partition coefficient (Wildman–Crippen LogP) is 2.40. The van der Waals surface area contributed by atoms with E-state index in [0.717, 1.165) is 6.42 Å². The van der Waals surface area contributed by atoms with Crippen LogP contribution in [-0.2, 0) is 6.42 Å². The first kappa shape index (κ1) is 14.1. The zero-order chi connectivity index (χ0) is 14.4. The number of benzene rings is 1. The number of amides is 1. The molecule has 1 aromatic heterocycles. The molecule has 0 aliphatic heterocycles. The van der Waals surface area contributed by atoms with Crippen LogP contribution in [0.5, 0.6) is 0 Å². The standard InChI is InChI=1S/C16H19N3O/c1-12-6-3-4-7-13(12)10-11-18-16(20)14-8-5-9-15(17-2)19-14/h3-9H,10-11H2,1-2H3,(H,17,19)(H,18,20). The molecule has 0 saturated carbocycles. The lowest BCUT2D eigenvalue weighted by molar-refractivity contribution is 0.0949. The molecule has 2 N–H and O–H groups in total. The molecule has 0 spiro atoms. The summed E-state index contributed by atoms with van der Waals surface area (Å²) in [7, 11) is 1.78. The summed E-state index contributed by atoms with van der Waals surface area (Å²) in [4.78, 5) is 16.2. The molecule has 4 heteroatoms. The summed E-state index contributed by atoms with van der Waals surface area (Å²) < 4.78 is 0. The lowest BCUT2D eigenvalue weighted by Gasteiger charge is -2.08. The molecule has 1 amide bonds. The highest BCUT2D eigenvalue weighted by Gasteiger charge is 2.07. The van der Waals surface area contributed by atoms with Gasteiger partial charge in [0.2, 0.25) is 0 Å². The summed E-state index contributed by atoms with van der Waals surface area (Å²) >= 11 is 0. The fourth-order valence-corrected chi connectivity index (χ4v) is 1.99. The Hall–Kier alpha value is -2.36. The summed E-state index contributed by atoms with van der Waals surface area (Å²) in [6.45, 7) is 2.68. The van der Waals surface area contributed by atoms with E-state index in [0.29, 0.717) is 18.1 Å². The number of carbonyl (C=O) groups excluding carboxylic acids is 1. The van der Waals surface area contributed by atoms with Crippen molar-refractivity contribution >= 4 is 11.7 Å². The van der Waals surface area contributed by atoms with E-state index < -0.39 is 0 Å². The van der Waals surface area contributed by atoms with Crippen molar-refractivity contribution < 1.29 is 4.79 Å². The summed E-state index contributed by atoms with van der Waals surface area (Å²) in [5, 5.41) is 5.82. The highest BCUT2D eigenvalue weighted by molar-refractivity contribution is 5.92. The minimum Gasteiger partial charge on any atom is -0.373 e. The molecule has 2 rings (SSSR count). The topological polar surface area (TPSA) is 54.0 Å². The van der Waals surface area contributed by atoms with Gasteiger partial charge in [0.05, 0.1) is 0 Å². The number of anilines is 1. The monoisotopic (exact) mass is 269 g/mol. The van der Waals surface area contributed by atoms with Crippen LogP contribution in [0.15, 0.2) is 42.5 Å². The van der Waals surface area contributed by atoms with Crippen LogP contribution >= 0.6 is 0 Å². The number of pyridine rings is 1. The SMILES string of the molecule is CNc1cccc(C(=O)NCCc2ccccc2C)n1. The molecular weight excluding hydrogens is 250 g/mol. The third-order valence-electron chi connectivity index (χ3n) is 3.18. The Bertz CT molecular complexity index is 596. The Morgan fingerprint density at radius 2 is 1.95 bits per heavy atom. The molecule has 0 bridgehead atoms. The van der Waals surface area contributed by atoms with Gasteiger partial charge in [0, 0.05) is 13.6 Å². The number of nitrogens with one attached hydrogen (secondary N) is 2. The Morgan fingerprint density at radius 3 is 2.70 bits per heavy atom. The van der Waals surface area contributed by atoms with E-state index in [1.165, 1.54) is 11.1 Å². The third kappa shape index (κ3) is 3.57. The second-order valence-electron chi connectivity index (χ2n) is 4.59. The van der Waals surface area contributed by atoms with Crippen LogP contribution in [0, 0.1) is 6.92 Å². The fourth-order valence-electron chi connectivity index (χ4n) is 1.99. The molecule has 0 saturated heterocycles. The molecule has 104 valence electrons.